The van der Waals surface area contributed by atoms with Gasteiger partial charge in [0.1, 0.15) is 5.69 Å². The Morgan fingerprint density at radius 3 is 2.73 bits per heavy atom. The van der Waals surface area contributed by atoms with Gasteiger partial charge in [0.2, 0.25) is 0 Å². The van der Waals surface area contributed by atoms with Gasteiger partial charge in [-0.3, -0.25) is 0 Å². The Morgan fingerprint density at radius 1 is 1.32 bits per heavy atom. The van der Waals surface area contributed by atoms with Gasteiger partial charge < -0.3 is 14.6 Å². The van der Waals surface area contributed by atoms with E-state index in [1.165, 1.54) is 24.1 Å². The lowest BCUT2D eigenvalue weighted by atomic mass is 10.1. The molecule has 1 saturated heterocycles. The van der Waals surface area contributed by atoms with Crippen LogP contribution in [0.1, 0.15) is 45.9 Å². The Labute approximate surface area is 134 Å². The third kappa shape index (κ3) is 3.02. The number of thiazole rings is 1. The van der Waals surface area contributed by atoms with Crippen molar-refractivity contribution in [3.63, 3.8) is 0 Å². The van der Waals surface area contributed by atoms with E-state index in [0.717, 1.165) is 29.5 Å². The zero-order valence-corrected chi connectivity index (χ0v) is 13.8. The fraction of sp³-hybridized carbons (Fsp3) is 0.500. The summed E-state index contributed by atoms with van der Waals surface area (Å²) in [6.07, 6.45) is 5.64. The van der Waals surface area contributed by atoms with E-state index in [2.05, 4.69) is 11.8 Å². The van der Waals surface area contributed by atoms with Crippen molar-refractivity contribution in [3.8, 4) is 0 Å². The summed E-state index contributed by atoms with van der Waals surface area (Å²) in [6.45, 7) is 6.66. The average Bonchev–Trinajstić information content (AvgIpc) is 3.04. The molecule has 0 aliphatic carbocycles. The minimum atomic E-state index is -0.891. The van der Waals surface area contributed by atoms with Gasteiger partial charge in [-0.05, 0) is 44.7 Å². The molecule has 0 radical (unpaired) electrons. The van der Waals surface area contributed by atoms with Crippen LogP contribution < -0.4 is 4.90 Å². The van der Waals surface area contributed by atoms with Crippen LogP contribution in [0, 0.1) is 13.8 Å². The van der Waals surface area contributed by atoms with Crippen LogP contribution in [0.25, 0.3) is 0 Å². The van der Waals surface area contributed by atoms with E-state index in [4.69, 9.17) is 4.98 Å². The van der Waals surface area contributed by atoms with Crippen molar-refractivity contribution in [2.45, 2.75) is 39.7 Å². The molecule has 0 amide bonds. The molecule has 1 aliphatic rings. The summed E-state index contributed by atoms with van der Waals surface area (Å²) in [6, 6.07) is 1.70. The second-order valence-electron chi connectivity index (χ2n) is 5.88. The van der Waals surface area contributed by atoms with Crippen molar-refractivity contribution < 1.29 is 9.90 Å². The number of anilines is 1. The van der Waals surface area contributed by atoms with E-state index in [1.54, 1.807) is 22.0 Å². The first-order valence-electron chi connectivity index (χ1n) is 7.66. The Hall–Kier alpha value is -1.82. The Balaban J connectivity index is 1.83. The third-order valence-electron chi connectivity index (χ3n) is 4.08. The molecule has 118 valence electrons. The largest absolute Gasteiger partial charge is 0.477 e. The van der Waals surface area contributed by atoms with E-state index in [1.807, 2.05) is 13.1 Å². The molecule has 0 bridgehead atoms. The van der Waals surface area contributed by atoms with Crippen molar-refractivity contribution in [3.05, 3.63) is 34.1 Å². The highest BCUT2D eigenvalue weighted by Crippen LogP contribution is 2.28. The van der Waals surface area contributed by atoms with Crippen molar-refractivity contribution in [2.24, 2.45) is 0 Å². The van der Waals surface area contributed by atoms with Gasteiger partial charge >= 0.3 is 5.97 Å². The molecule has 0 saturated carbocycles. The summed E-state index contributed by atoms with van der Waals surface area (Å²) >= 11 is 1.72. The number of piperidine rings is 1. The molecule has 0 spiro atoms. The van der Waals surface area contributed by atoms with Crippen LogP contribution in [-0.2, 0) is 6.54 Å². The Morgan fingerprint density at radius 2 is 2.05 bits per heavy atom. The van der Waals surface area contributed by atoms with Gasteiger partial charge in [0.15, 0.2) is 5.13 Å². The highest BCUT2D eigenvalue weighted by Gasteiger charge is 2.18. The monoisotopic (exact) mass is 319 g/mol. The van der Waals surface area contributed by atoms with E-state index in [9.17, 15) is 9.90 Å². The number of aryl methyl sites for hydroxylation is 2. The number of carbonyl (C=O) groups is 1. The molecule has 0 aromatic carbocycles. The highest BCUT2D eigenvalue weighted by molar-refractivity contribution is 7.15. The van der Waals surface area contributed by atoms with Gasteiger partial charge in [-0.25, -0.2) is 9.78 Å². The quantitative estimate of drug-likeness (QED) is 0.939. The number of carboxylic acid groups (broad SMARTS) is 1. The fourth-order valence-electron chi connectivity index (χ4n) is 2.91. The predicted octanol–water partition coefficient (Wildman–Crippen LogP) is 3.30. The SMILES string of the molecule is Cc1cc(C(=O)O)n(Cc2nc(N3CCCCC3)sc2C)c1. The smallest absolute Gasteiger partial charge is 0.352 e. The van der Waals surface area contributed by atoms with Crippen LogP contribution in [0.5, 0.6) is 0 Å². The predicted molar refractivity (Wildman–Crippen MR) is 88.1 cm³/mol. The topological polar surface area (TPSA) is 58.4 Å². The Bertz CT molecular complexity index is 684. The number of aromatic nitrogens is 2. The molecule has 5 nitrogen and oxygen atoms in total. The van der Waals surface area contributed by atoms with E-state index in [-0.39, 0.29) is 0 Å². The normalized spacial score (nSPS) is 15.3. The number of hydrogen-bond donors (Lipinski definition) is 1. The standard InChI is InChI=1S/C16H21N3O2S/c1-11-8-14(15(20)21)19(9-11)10-13-12(2)22-16(17-13)18-6-4-3-5-7-18/h8-9H,3-7,10H2,1-2H3,(H,20,21). The molecule has 3 rings (SSSR count). The molecule has 1 aliphatic heterocycles. The van der Waals surface area contributed by atoms with E-state index in [0.29, 0.717) is 12.2 Å². The summed E-state index contributed by atoms with van der Waals surface area (Å²) in [7, 11) is 0. The maximum atomic E-state index is 11.3. The van der Waals surface area contributed by atoms with Crippen LogP contribution in [-0.4, -0.2) is 33.7 Å². The van der Waals surface area contributed by atoms with Crippen molar-refractivity contribution >= 4 is 22.4 Å². The van der Waals surface area contributed by atoms with Crippen molar-refractivity contribution in [1.29, 1.82) is 0 Å². The molecule has 1 fully saturated rings. The summed E-state index contributed by atoms with van der Waals surface area (Å²) in [5.41, 5.74) is 2.26. The minimum absolute atomic E-state index is 0.324. The van der Waals surface area contributed by atoms with Crippen LogP contribution in [0.2, 0.25) is 0 Å². The molecule has 2 aromatic rings. The highest BCUT2D eigenvalue weighted by atomic mass is 32.1. The van der Waals surface area contributed by atoms with Gasteiger partial charge in [-0.15, -0.1) is 11.3 Å². The average molecular weight is 319 g/mol. The van der Waals surface area contributed by atoms with E-state index >= 15 is 0 Å². The lowest BCUT2D eigenvalue weighted by molar-refractivity contribution is 0.0685. The molecular formula is C16H21N3O2S. The number of hydrogen-bond acceptors (Lipinski definition) is 4. The molecule has 1 N–H and O–H groups in total. The summed E-state index contributed by atoms with van der Waals surface area (Å²) < 4.78 is 1.78. The lowest BCUT2D eigenvalue weighted by Gasteiger charge is -2.25. The molecular weight excluding hydrogens is 298 g/mol. The van der Waals surface area contributed by atoms with Gasteiger partial charge in [-0.2, -0.15) is 0 Å². The zero-order chi connectivity index (χ0) is 15.7. The summed E-state index contributed by atoms with van der Waals surface area (Å²) in [4.78, 5) is 19.6. The summed E-state index contributed by atoms with van der Waals surface area (Å²) in [5, 5.41) is 10.4. The van der Waals surface area contributed by atoms with Crippen LogP contribution in [0.3, 0.4) is 0 Å². The van der Waals surface area contributed by atoms with Crippen LogP contribution >= 0.6 is 11.3 Å². The van der Waals surface area contributed by atoms with E-state index < -0.39 is 5.97 Å². The number of aromatic carboxylic acids is 1. The lowest BCUT2D eigenvalue weighted by Crippen LogP contribution is -2.29. The van der Waals surface area contributed by atoms with Gasteiger partial charge in [0, 0.05) is 24.2 Å². The van der Waals surface area contributed by atoms with Crippen LogP contribution in [0.4, 0.5) is 5.13 Å². The molecule has 3 heterocycles. The molecule has 6 heteroatoms. The number of nitrogens with zero attached hydrogens (tertiary/aromatic N) is 3. The fourth-order valence-corrected chi connectivity index (χ4v) is 3.88. The van der Waals surface area contributed by atoms with Crippen molar-refractivity contribution in [2.75, 3.05) is 18.0 Å². The van der Waals surface area contributed by atoms with Gasteiger partial charge in [0.05, 0.1) is 12.2 Å². The first-order chi connectivity index (χ1) is 10.5. The Kier molecular flexibility index (Phi) is 4.20. The second kappa shape index (κ2) is 6.12. The first-order valence-corrected chi connectivity index (χ1v) is 8.47. The maximum Gasteiger partial charge on any atom is 0.352 e. The zero-order valence-electron chi connectivity index (χ0n) is 13.0. The third-order valence-corrected chi connectivity index (χ3v) is 5.15. The van der Waals surface area contributed by atoms with Gasteiger partial charge in [0.25, 0.3) is 0 Å². The van der Waals surface area contributed by atoms with Gasteiger partial charge in [-0.1, -0.05) is 0 Å². The number of rotatable bonds is 4. The second-order valence-corrected chi connectivity index (χ2v) is 7.06. The minimum Gasteiger partial charge on any atom is -0.477 e. The molecule has 22 heavy (non-hydrogen) atoms. The molecule has 0 atom stereocenters. The number of carboxylic acids is 1. The molecule has 0 unspecified atom stereocenters. The molecule has 2 aromatic heterocycles. The maximum absolute atomic E-state index is 11.3. The first kappa shape index (κ1) is 15.1. The van der Waals surface area contributed by atoms with Crippen LogP contribution in [0.15, 0.2) is 12.3 Å². The summed E-state index contributed by atoms with van der Waals surface area (Å²) in [5.74, 6) is -0.891. The van der Waals surface area contributed by atoms with Crippen molar-refractivity contribution in [1.82, 2.24) is 9.55 Å².